The zero-order chi connectivity index (χ0) is 15.7. The van der Waals surface area contributed by atoms with E-state index in [2.05, 4.69) is 29.7 Å². The molecule has 2 aliphatic rings. The molecule has 1 aromatic carbocycles. The van der Waals surface area contributed by atoms with Crippen LogP contribution in [-0.4, -0.2) is 54.0 Å². The van der Waals surface area contributed by atoms with Gasteiger partial charge in [-0.2, -0.15) is 0 Å². The molecule has 0 saturated carbocycles. The number of hydrogen-bond acceptors (Lipinski definition) is 3. The van der Waals surface area contributed by atoms with Gasteiger partial charge in [0.25, 0.3) is 0 Å². The highest BCUT2D eigenvalue weighted by Crippen LogP contribution is 2.26. The SMILES string of the molecule is Cc1cccc(OCCN2C[C@@H]3CCCN3C(=O)[C@@H]2C)c1C. The van der Waals surface area contributed by atoms with Crippen LogP contribution in [-0.2, 0) is 4.79 Å². The molecular formula is C18H26N2O2. The van der Waals surface area contributed by atoms with Crippen LogP contribution in [0.2, 0.25) is 0 Å². The van der Waals surface area contributed by atoms with Crippen molar-refractivity contribution in [2.24, 2.45) is 0 Å². The smallest absolute Gasteiger partial charge is 0.239 e. The summed E-state index contributed by atoms with van der Waals surface area (Å²) in [6.45, 7) is 9.59. The van der Waals surface area contributed by atoms with Gasteiger partial charge in [-0.1, -0.05) is 12.1 Å². The number of carbonyl (C=O) groups is 1. The molecule has 0 radical (unpaired) electrons. The Morgan fingerprint density at radius 2 is 2.14 bits per heavy atom. The lowest BCUT2D eigenvalue weighted by molar-refractivity contribution is -0.143. The Morgan fingerprint density at radius 3 is 2.95 bits per heavy atom. The number of rotatable bonds is 4. The number of carbonyl (C=O) groups excluding carboxylic acids is 1. The number of fused-ring (bicyclic) bond motifs is 1. The lowest BCUT2D eigenvalue weighted by Gasteiger charge is -2.41. The van der Waals surface area contributed by atoms with Gasteiger partial charge < -0.3 is 9.64 Å². The molecule has 2 aliphatic heterocycles. The zero-order valence-corrected chi connectivity index (χ0v) is 13.8. The summed E-state index contributed by atoms with van der Waals surface area (Å²) in [7, 11) is 0. The van der Waals surface area contributed by atoms with Crippen LogP contribution in [0.15, 0.2) is 18.2 Å². The maximum Gasteiger partial charge on any atom is 0.239 e. The Kier molecular flexibility index (Phi) is 4.39. The van der Waals surface area contributed by atoms with Crippen molar-refractivity contribution in [3.63, 3.8) is 0 Å². The number of hydrogen-bond donors (Lipinski definition) is 0. The number of piperazine rings is 1. The third kappa shape index (κ3) is 2.84. The predicted molar refractivity (Wildman–Crippen MR) is 87.2 cm³/mol. The molecule has 0 unspecified atom stereocenters. The topological polar surface area (TPSA) is 32.8 Å². The van der Waals surface area contributed by atoms with Gasteiger partial charge in [-0.15, -0.1) is 0 Å². The third-order valence-corrected chi connectivity index (χ3v) is 5.20. The fraction of sp³-hybridized carbons (Fsp3) is 0.611. The van der Waals surface area contributed by atoms with E-state index in [0.29, 0.717) is 18.6 Å². The van der Waals surface area contributed by atoms with Crippen LogP contribution in [0.4, 0.5) is 0 Å². The van der Waals surface area contributed by atoms with Crippen LogP contribution >= 0.6 is 0 Å². The van der Waals surface area contributed by atoms with Crippen molar-refractivity contribution >= 4 is 5.91 Å². The molecule has 0 aromatic heterocycles. The number of nitrogens with zero attached hydrogens (tertiary/aromatic N) is 2. The Labute approximate surface area is 133 Å². The number of aryl methyl sites for hydroxylation is 1. The highest BCUT2D eigenvalue weighted by atomic mass is 16.5. The fourth-order valence-corrected chi connectivity index (χ4v) is 3.58. The van der Waals surface area contributed by atoms with E-state index in [1.54, 1.807) is 0 Å². The minimum atomic E-state index is -0.0171. The first-order valence-electron chi connectivity index (χ1n) is 8.31. The monoisotopic (exact) mass is 302 g/mol. The van der Waals surface area contributed by atoms with E-state index in [9.17, 15) is 4.79 Å². The molecular weight excluding hydrogens is 276 g/mol. The first kappa shape index (κ1) is 15.3. The average Bonchev–Trinajstić information content (AvgIpc) is 2.97. The normalized spacial score (nSPS) is 25.4. The molecule has 2 atom stereocenters. The van der Waals surface area contributed by atoms with Crippen LogP contribution in [0, 0.1) is 13.8 Å². The fourth-order valence-electron chi connectivity index (χ4n) is 3.58. The molecule has 120 valence electrons. The number of ether oxygens (including phenoxy) is 1. The summed E-state index contributed by atoms with van der Waals surface area (Å²) in [5, 5.41) is 0. The first-order valence-corrected chi connectivity index (χ1v) is 8.31. The Hall–Kier alpha value is -1.55. The van der Waals surface area contributed by atoms with Gasteiger partial charge in [-0.05, 0) is 50.8 Å². The second-order valence-corrected chi connectivity index (χ2v) is 6.55. The van der Waals surface area contributed by atoms with Gasteiger partial charge in [0.1, 0.15) is 12.4 Å². The van der Waals surface area contributed by atoms with Crippen molar-refractivity contribution in [3.8, 4) is 5.75 Å². The maximum atomic E-state index is 12.4. The van der Waals surface area contributed by atoms with E-state index in [1.165, 1.54) is 11.1 Å². The van der Waals surface area contributed by atoms with Crippen LogP contribution < -0.4 is 4.74 Å². The van der Waals surface area contributed by atoms with Gasteiger partial charge in [0, 0.05) is 25.7 Å². The van der Waals surface area contributed by atoms with Crippen molar-refractivity contribution in [1.82, 2.24) is 9.80 Å². The number of benzene rings is 1. The average molecular weight is 302 g/mol. The van der Waals surface area contributed by atoms with E-state index in [-0.39, 0.29) is 6.04 Å². The second-order valence-electron chi connectivity index (χ2n) is 6.55. The summed E-state index contributed by atoms with van der Waals surface area (Å²) in [6, 6.07) is 6.55. The number of amides is 1. The standard InChI is InChI=1S/C18H26N2O2/c1-13-6-4-8-17(14(13)2)22-11-10-19-12-16-7-5-9-20(16)18(21)15(19)3/h4,6,8,15-16H,5,7,9-12H2,1-3H3/t15-,16-/m0/s1. The minimum Gasteiger partial charge on any atom is -0.492 e. The van der Waals surface area contributed by atoms with Crippen LogP contribution in [0.5, 0.6) is 5.75 Å². The molecule has 3 rings (SSSR count). The lowest BCUT2D eigenvalue weighted by Crippen LogP contribution is -2.59. The highest BCUT2D eigenvalue weighted by Gasteiger charge is 2.39. The first-order chi connectivity index (χ1) is 10.6. The zero-order valence-electron chi connectivity index (χ0n) is 13.8. The Morgan fingerprint density at radius 1 is 1.32 bits per heavy atom. The van der Waals surface area contributed by atoms with E-state index in [4.69, 9.17) is 4.74 Å². The summed E-state index contributed by atoms with van der Waals surface area (Å²) in [4.78, 5) is 16.7. The Bertz CT molecular complexity index is 558. The summed E-state index contributed by atoms with van der Waals surface area (Å²) in [5.74, 6) is 1.25. The van der Waals surface area contributed by atoms with Gasteiger partial charge >= 0.3 is 0 Å². The second kappa shape index (κ2) is 6.29. The van der Waals surface area contributed by atoms with Crippen LogP contribution in [0.3, 0.4) is 0 Å². The molecule has 2 heterocycles. The molecule has 1 amide bonds. The summed E-state index contributed by atoms with van der Waals surface area (Å²) >= 11 is 0. The van der Waals surface area contributed by atoms with Gasteiger partial charge in [0.2, 0.25) is 5.91 Å². The van der Waals surface area contributed by atoms with Crippen molar-refractivity contribution < 1.29 is 9.53 Å². The summed E-state index contributed by atoms with van der Waals surface area (Å²) in [6.07, 6.45) is 2.29. The Balaban J connectivity index is 1.57. The van der Waals surface area contributed by atoms with Crippen molar-refractivity contribution in [2.75, 3.05) is 26.2 Å². The molecule has 2 saturated heterocycles. The molecule has 0 N–H and O–H groups in total. The molecule has 0 bridgehead atoms. The maximum absolute atomic E-state index is 12.4. The van der Waals surface area contributed by atoms with Gasteiger partial charge in [-0.25, -0.2) is 0 Å². The minimum absolute atomic E-state index is 0.0171. The highest BCUT2D eigenvalue weighted by molar-refractivity contribution is 5.83. The third-order valence-electron chi connectivity index (χ3n) is 5.20. The van der Waals surface area contributed by atoms with E-state index in [1.807, 2.05) is 19.1 Å². The molecule has 1 aromatic rings. The van der Waals surface area contributed by atoms with Gasteiger partial charge in [0.15, 0.2) is 0 Å². The van der Waals surface area contributed by atoms with Crippen LogP contribution in [0.25, 0.3) is 0 Å². The van der Waals surface area contributed by atoms with Crippen molar-refractivity contribution in [1.29, 1.82) is 0 Å². The molecule has 4 heteroatoms. The molecule has 22 heavy (non-hydrogen) atoms. The van der Waals surface area contributed by atoms with E-state index < -0.39 is 0 Å². The summed E-state index contributed by atoms with van der Waals surface area (Å²) < 4.78 is 5.95. The quantitative estimate of drug-likeness (QED) is 0.856. The molecule has 0 spiro atoms. The van der Waals surface area contributed by atoms with Gasteiger partial charge in [-0.3, -0.25) is 9.69 Å². The molecule has 0 aliphatic carbocycles. The van der Waals surface area contributed by atoms with E-state index in [0.717, 1.165) is 38.2 Å². The molecule has 4 nitrogen and oxygen atoms in total. The molecule has 2 fully saturated rings. The predicted octanol–water partition coefficient (Wildman–Crippen LogP) is 2.38. The largest absolute Gasteiger partial charge is 0.492 e. The van der Waals surface area contributed by atoms with E-state index >= 15 is 0 Å². The summed E-state index contributed by atoms with van der Waals surface area (Å²) in [5.41, 5.74) is 2.45. The lowest BCUT2D eigenvalue weighted by atomic mass is 10.1. The van der Waals surface area contributed by atoms with Crippen molar-refractivity contribution in [3.05, 3.63) is 29.3 Å². The van der Waals surface area contributed by atoms with Crippen LogP contribution in [0.1, 0.15) is 30.9 Å². The van der Waals surface area contributed by atoms with Gasteiger partial charge in [0.05, 0.1) is 6.04 Å². The van der Waals surface area contributed by atoms with Crippen molar-refractivity contribution in [2.45, 2.75) is 45.7 Å².